The Morgan fingerprint density at radius 1 is 1.17 bits per heavy atom. The molecule has 0 bridgehead atoms. The summed E-state index contributed by atoms with van der Waals surface area (Å²) in [5.74, 6) is 1.48. The van der Waals surface area contributed by atoms with Crippen molar-refractivity contribution in [1.29, 1.82) is 0 Å². The number of hydrogen-bond acceptors (Lipinski definition) is 2. The third-order valence-corrected chi connectivity index (χ3v) is 6.12. The van der Waals surface area contributed by atoms with Gasteiger partial charge >= 0.3 is 0 Å². The predicted molar refractivity (Wildman–Crippen MR) is 88.5 cm³/mol. The standard InChI is InChI=1S/C20H23NO2/c1-11(22)17-16(10-15-18(17)20(15,2)3)21-19(23)14-9-13(14)12-7-5-4-6-8-12/h4-8,13-15,18H,9-10H2,1-3H3,(H,21,23)/t13-,14+,15+,18-/m1/s1. The Labute approximate surface area is 137 Å². The Hall–Kier alpha value is -1.90. The van der Waals surface area contributed by atoms with Gasteiger partial charge in [-0.2, -0.15) is 0 Å². The lowest BCUT2D eigenvalue weighted by molar-refractivity contribution is -0.121. The van der Waals surface area contributed by atoms with E-state index in [1.165, 1.54) is 5.56 Å². The van der Waals surface area contributed by atoms with Crippen LogP contribution in [0.1, 0.15) is 45.1 Å². The van der Waals surface area contributed by atoms with Crippen molar-refractivity contribution in [1.82, 2.24) is 5.32 Å². The van der Waals surface area contributed by atoms with Gasteiger partial charge in [-0.25, -0.2) is 0 Å². The fraction of sp³-hybridized carbons (Fsp3) is 0.500. The molecule has 3 nitrogen and oxygen atoms in total. The largest absolute Gasteiger partial charge is 0.329 e. The first kappa shape index (κ1) is 14.7. The highest BCUT2D eigenvalue weighted by Crippen LogP contribution is 2.68. The van der Waals surface area contributed by atoms with E-state index in [9.17, 15) is 9.59 Å². The summed E-state index contributed by atoms with van der Waals surface area (Å²) in [6.45, 7) is 6.06. The third kappa shape index (κ3) is 2.25. The summed E-state index contributed by atoms with van der Waals surface area (Å²) in [5, 5.41) is 3.09. The van der Waals surface area contributed by atoms with Crippen molar-refractivity contribution in [2.24, 2.45) is 23.2 Å². The number of Topliss-reactive ketones (excluding diaryl/α,β-unsaturated/α-hetero) is 1. The lowest BCUT2D eigenvalue weighted by Crippen LogP contribution is -2.27. The monoisotopic (exact) mass is 309 g/mol. The van der Waals surface area contributed by atoms with E-state index in [0.29, 0.717) is 17.8 Å². The van der Waals surface area contributed by atoms with Gasteiger partial charge in [-0.1, -0.05) is 44.2 Å². The number of ketones is 1. The number of allylic oxidation sites excluding steroid dienone is 2. The van der Waals surface area contributed by atoms with Crippen molar-refractivity contribution < 1.29 is 9.59 Å². The van der Waals surface area contributed by atoms with Crippen LogP contribution in [0.2, 0.25) is 0 Å². The second-order valence-corrected chi connectivity index (χ2v) is 7.91. The molecule has 0 radical (unpaired) electrons. The van der Waals surface area contributed by atoms with Crippen LogP contribution in [0.5, 0.6) is 0 Å². The number of carbonyl (C=O) groups is 2. The van der Waals surface area contributed by atoms with E-state index < -0.39 is 0 Å². The Morgan fingerprint density at radius 3 is 2.52 bits per heavy atom. The molecule has 0 saturated heterocycles. The summed E-state index contributed by atoms with van der Waals surface area (Å²) in [6.07, 6.45) is 1.76. The van der Waals surface area contributed by atoms with Gasteiger partial charge in [0.05, 0.1) is 0 Å². The number of amides is 1. The van der Waals surface area contributed by atoms with Gasteiger partial charge < -0.3 is 5.32 Å². The van der Waals surface area contributed by atoms with Crippen molar-refractivity contribution in [2.45, 2.75) is 39.5 Å². The number of rotatable bonds is 4. The minimum absolute atomic E-state index is 0.0584. The van der Waals surface area contributed by atoms with Crippen molar-refractivity contribution in [3.05, 3.63) is 47.2 Å². The quantitative estimate of drug-likeness (QED) is 0.926. The van der Waals surface area contributed by atoms with E-state index in [2.05, 4.69) is 31.3 Å². The highest BCUT2D eigenvalue weighted by molar-refractivity contribution is 5.97. The molecule has 0 aliphatic heterocycles. The first-order valence-corrected chi connectivity index (χ1v) is 8.51. The molecule has 3 aliphatic carbocycles. The van der Waals surface area contributed by atoms with E-state index in [1.54, 1.807) is 6.92 Å². The average Bonchev–Trinajstić information content (AvgIpc) is 3.35. The second kappa shape index (κ2) is 4.80. The van der Waals surface area contributed by atoms with Crippen LogP contribution in [0.3, 0.4) is 0 Å². The molecule has 4 atom stereocenters. The Morgan fingerprint density at radius 2 is 1.87 bits per heavy atom. The molecule has 0 heterocycles. The zero-order valence-corrected chi connectivity index (χ0v) is 13.9. The molecule has 120 valence electrons. The van der Waals surface area contributed by atoms with Gasteiger partial charge in [0.15, 0.2) is 5.78 Å². The Balaban J connectivity index is 1.47. The van der Waals surface area contributed by atoms with Crippen LogP contribution in [0.15, 0.2) is 41.6 Å². The van der Waals surface area contributed by atoms with Gasteiger partial charge in [0.1, 0.15) is 0 Å². The van der Waals surface area contributed by atoms with Gasteiger partial charge in [0, 0.05) is 17.2 Å². The normalized spacial score (nSPS) is 33.2. The van der Waals surface area contributed by atoms with Crippen LogP contribution < -0.4 is 5.32 Å². The number of carbonyl (C=O) groups excluding carboxylic acids is 2. The van der Waals surface area contributed by atoms with E-state index in [1.807, 2.05) is 18.2 Å². The zero-order chi connectivity index (χ0) is 16.4. The van der Waals surface area contributed by atoms with Crippen molar-refractivity contribution >= 4 is 11.7 Å². The van der Waals surface area contributed by atoms with Crippen LogP contribution in [0.4, 0.5) is 0 Å². The Bertz CT molecular complexity index is 716. The summed E-state index contributed by atoms with van der Waals surface area (Å²) in [5.41, 5.74) is 3.24. The molecule has 2 saturated carbocycles. The van der Waals surface area contributed by atoms with E-state index in [-0.39, 0.29) is 23.0 Å². The minimum atomic E-state index is 0.0584. The first-order valence-electron chi connectivity index (χ1n) is 8.51. The summed E-state index contributed by atoms with van der Waals surface area (Å²) < 4.78 is 0. The number of nitrogens with one attached hydrogen (secondary N) is 1. The molecule has 3 aliphatic rings. The van der Waals surface area contributed by atoms with Gasteiger partial charge in [0.25, 0.3) is 0 Å². The number of fused-ring (bicyclic) bond motifs is 1. The van der Waals surface area contributed by atoms with Crippen LogP contribution >= 0.6 is 0 Å². The molecular formula is C20H23NO2. The average molecular weight is 309 g/mol. The number of benzene rings is 1. The number of hydrogen-bond donors (Lipinski definition) is 1. The van der Waals surface area contributed by atoms with Crippen LogP contribution in [0.25, 0.3) is 0 Å². The highest BCUT2D eigenvalue weighted by Gasteiger charge is 2.64. The summed E-state index contributed by atoms with van der Waals surface area (Å²) in [6, 6.07) is 10.2. The van der Waals surface area contributed by atoms with Gasteiger partial charge in [0.2, 0.25) is 5.91 Å². The maximum Gasteiger partial charge on any atom is 0.227 e. The SMILES string of the molecule is CC(=O)C1=C(NC(=O)[C@H]2C[C@@H]2c2ccccc2)C[C@H]2[C@H]1C2(C)C. The zero-order valence-electron chi connectivity index (χ0n) is 13.9. The highest BCUT2D eigenvalue weighted by atomic mass is 16.2. The second-order valence-electron chi connectivity index (χ2n) is 7.91. The van der Waals surface area contributed by atoms with E-state index >= 15 is 0 Å². The fourth-order valence-corrected chi connectivity index (χ4v) is 4.56. The summed E-state index contributed by atoms with van der Waals surface area (Å²) >= 11 is 0. The minimum Gasteiger partial charge on any atom is -0.329 e. The van der Waals surface area contributed by atoms with Crippen molar-refractivity contribution in [3.8, 4) is 0 Å². The molecular weight excluding hydrogens is 286 g/mol. The third-order valence-electron chi connectivity index (χ3n) is 6.12. The molecule has 2 fully saturated rings. The molecule has 4 rings (SSSR count). The molecule has 0 aromatic heterocycles. The lowest BCUT2D eigenvalue weighted by atomic mass is 9.96. The topological polar surface area (TPSA) is 46.2 Å². The smallest absolute Gasteiger partial charge is 0.227 e. The maximum atomic E-state index is 12.5. The molecule has 23 heavy (non-hydrogen) atoms. The maximum absolute atomic E-state index is 12.5. The molecule has 0 spiro atoms. The summed E-state index contributed by atoms with van der Waals surface area (Å²) in [4.78, 5) is 24.6. The van der Waals surface area contributed by atoms with Crippen molar-refractivity contribution in [3.63, 3.8) is 0 Å². The molecule has 1 aromatic rings. The molecule has 1 N–H and O–H groups in total. The molecule has 1 aromatic carbocycles. The van der Waals surface area contributed by atoms with E-state index in [4.69, 9.17) is 0 Å². The van der Waals surface area contributed by atoms with Gasteiger partial charge in [-0.15, -0.1) is 0 Å². The lowest BCUT2D eigenvalue weighted by Gasteiger charge is -2.15. The van der Waals surface area contributed by atoms with Crippen LogP contribution in [-0.4, -0.2) is 11.7 Å². The first-order chi connectivity index (χ1) is 10.9. The van der Waals surface area contributed by atoms with Gasteiger partial charge in [-0.05, 0) is 48.5 Å². The van der Waals surface area contributed by atoms with Crippen LogP contribution in [0, 0.1) is 23.2 Å². The Kier molecular flexibility index (Phi) is 3.06. The molecule has 0 unspecified atom stereocenters. The fourth-order valence-electron chi connectivity index (χ4n) is 4.56. The van der Waals surface area contributed by atoms with Crippen molar-refractivity contribution in [2.75, 3.05) is 0 Å². The molecule has 1 amide bonds. The van der Waals surface area contributed by atoms with Gasteiger partial charge in [-0.3, -0.25) is 9.59 Å². The molecule has 3 heteroatoms. The summed E-state index contributed by atoms with van der Waals surface area (Å²) in [7, 11) is 0. The van der Waals surface area contributed by atoms with Crippen LogP contribution in [-0.2, 0) is 9.59 Å². The van der Waals surface area contributed by atoms with E-state index in [0.717, 1.165) is 24.1 Å². The predicted octanol–water partition coefficient (Wildman–Crippen LogP) is 3.43.